The molecule has 2 rings (SSSR count). The van der Waals surface area contributed by atoms with Crippen molar-refractivity contribution in [2.24, 2.45) is 0 Å². The van der Waals surface area contributed by atoms with Crippen LogP contribution in [0.25, 0.3) is 11.6 Å². The van der Waals surface area contributed by atoms with E-state index < -0.39 is 20.9 Å². The van der Waals surface area contributed by atoms with Crippen molar-refractivity contribution in [2.45, 2.75) is 10.9 Å². The zero-order valence-electron chi connectivity index (χ0n) is 8.42. The topological polar surface area (TPSA) is 87.5 Å². The molecule has 0 fully saturated rings. The van der Waals surface area contributed by atoms with Crippen LogP contribution in [-0.2, 0) is 9.05 Å². The van der Waals surface area contributed by atoms with Crippen LogP contribution in [0, 0.1) is 0 Å². The fourth-order valence-electron chi connectivity index (χ4n) is 1.69. The van der Waals surface area contributed by atoms with Crippen molar-refractivity contribution in [1.29, 1.82) is 0 Å². The number of Topliss-reactive ketones (excluding diaryl/α,β-unsaturated/α-hetero) is 1. The number of fused-ring (bicyclic) bond motifs is 1. The third-order valence-electron chi connectivity index (χ3n) is 2.47. The molecule has 0 amide bonds. The van der Waals surface area contributed by atoms with Crippen molar-refractivity contribution in [3.8, 4) is 0 Å². The number of carbonyl (C=O) groups is 1. The van der Waals surface area contributed by atoms with Gasteiger partial charge in [0.2, 0.25) is 11.8 Å². The van der Waals surface area contributed by atoms with Gasteiger partial charge in [-0.3, -0.25) is 4.79 Å². The zero-order valence-corrected chi connectivity index (χ0v) is 9.99. The van der Waals surface area contributed by atoms with E-state index in [9.17, 15) is 13.2 Å². The van der Waals surface area contributed by atoms with Crippen molar-refractivity contribution >= 4 is 31.6 Å². The van der Waals surface area contributed by atoms with Gasteiger partial charge >= 0.3 is 0 Å². The maximum Gasteiger partial charge on any atom is 0.261 e. The van der Waals surface area contributed by atoms with E-state index in [0.29, 0.717) is 0 Å². The zero-order chi connectivity index (χ0) is 12.6. The van der Waals surface area contributed by atoms with Gasteiger partial charge in [0.25, 0.3) is 9.05 Å². The van der Waals surface area contributed by atoms with Gasteiger partial charge < -0.3 is 10.6 Å². The molecule has 0 spiro atoms. The summed E-state index contributed by atoms with van der Waals surface area (Å²) < 4.78 is 22.6. The molecule has 88 valence electrons. The lowest BCUT2D eigenvalue weighted by atomic mass is 9.93. The molecule has 1 atom stereocenters. The first kappa shape index (κ1) is 11.9. The van der Waals surface area contributed by atoms with Gasteiger partial charge in [-0.2, -0.15) is 0 Å². The van der Waals surface area contributed by atoms with Crippen LogP contribution in [0.2, 0.25) is 0 Å². The van der Waals surface area contributed by atoms with Gasteiger partial charge in [0.15, 0.2) is 0 Å². The summed E-state index contributed by atoms with van der Waals surface area (Å²) in [7, 11) is 1.37. The first-order chi connectivity index (χ1) is 7.95. The summed E-state index contributed by atoms with van der Waals surface area (Å²) in [6.07, 6.45) is 2.82. The minimum atomic E-state index is -3.91. The Labute approximate surface area is 102 Å². The number of ketones is 1. The second-order valence-electron chi connectivity index (χ2n) is 3.49. The highest BCUT2D eigenvalue weighted by molar-refractivity contribution is 8.13. The average molecular weight is 271 g/mol. The van der Waals surface area contributed by atoms with Gasteiger partial charge in [0.05, 0.1) is 4.90 Å². The molecule has 17 heavy (non-hydrogen) atoms. The largest absolute Gasteiger partial charge is 0.508 e. The Hall–Kier alpha value is -1.53. The number of rotatable bonds is 2. The first-order valence-corrected chi connectivity index (χ1v) is 6.96. The number of hydrogen-bond acceptors (Lipinski definition) is 3. The summed E-state index contributed by atoms with van der Waals surface area (Å²) in [4.78, 5) is 11.7. The molecule has 5 nitrogen and oxygen atoms in total. The number of carbonyl (C=O) groups excluding carboxylic acids is 1. The number of nitrogens with one attached hydrogen (secondary N) is 1. The normalized spacial score (nSPS) is 18.9. The van der Waals surface area contributed by atoms with Crippen LogP contribution < -0.4 is 5.11 Å². The molecule has 1 N–H and O–H groups in total. The highest BCUT2D eigenvalue weighted by Gasteiger charge is 2.29. The molecule has 0 saturated heterocycles. The van der Waals surface area contributed by atoms with Crippen LogP contribution in [0.1, 0.15) is 15.9 Å². The Bertz CT molecular complexity index is 637. The third kappa shape index (κ3) is 2.01. The molecule has 0 aromatic heterocycles. The highest BCUT2D eigenvalue weighted by Crippen LogP contribution is 2.27. The van der Waals surface area contributed by atoms with E-state index in [-0.39, 0.29) is 16.0 Å². The number of halogens is 1. The van der Waals surface area contributed by atoms with Crippen LogP contribution in [0.5, 0.6) is 0 Å². The summed E-state index contributed by atoms with van der Waals surface area (Å²) in [5.41, 5.74) is 9.21. The molecule has 0 aliphatic heterocycles. The molecule has 0 bridgehead atoms. The molecule has 0 radical (unpaired) electrons. The fourth-order valence-corrected chi connectivity index (χ4v) is 2.78. The first-order valence-electron chi connectivity index (χ1n) is 4.65. The summed E-state index contributed by atoms with van der Waals surface area (Å²) in [5, 5.41) is 1.83. The van der Waals surface area contributed by atoms with Crippen LogP contribution in [0.4, 0.5) is 0 Å². The molecular formula is C10H7ClN2O3S. The lowest BCUT2D eigenvalue weighted by Gasteiger charge is -2.14. The standard InChI is InChI=1S/C10H7ClN2O3S/c11-17(15,16)9-3-1-2-7-6(9)4-5-8(13-12)10(7)14/h1-5,8,13H. The Morgan fingerprint density at radius 3 is 2.65 bits per heavy atom. The second-order valence-corrected chi connectivity index (χ2v) is 6.02. The molecule has 1 aliphatic rings. The van der Waals surface area contributed by atoms with Gasteiger partial charge in [-0.1, -0.05) is 12.1 Å². The van der Waals surface area contributed by atoms with E-state index in [1.165, 1.54) is 30.4 Å². The molecule has 0 saturated carbocycles. The minimum Gasteiger partial charge on any atom is -0.508 e. The molecule has 1 aromatic carbocycles. The van der Waals surface area contributed by atoms with Crippen molar-refractivity contribution in [2.75, 3.05) is 0 Å². The minimum absolute atomic E-state index is 0.113. The average Bonchev–Trinajstić information content (AvgIpc) is 2.28. The summed E-state index contributed by atoms with van der Waals surface area (Å²) in [5.74, 6) is -0.410. The molecule has 1 aromatic rings. The van der Waals surface area contributed by atoms with Crippen molar-refractivity contribution in [3.05, 3.63) is 40.9 Å². The van der Waals surface area contributed by atoms with E-state index in [2.05, 4.69) is 0 Å². The predicted octanol–water partition coefficient (Wildman–Crippen LogP) is 0.294. The maximum absolute atomic E-state index is 11.8. The Kier molecular flexibility index (Phi) is 2.84. The molecule has 1 unspecified atom stereocenters. The van der Waals surface area contributed by atoms with Gasteiger partial charge in [0.1, 0.15) is 0 Å². The summed E-state index contributed by atoms with van der Waals surface area (Å²) >= 11 is 0. The van der Waals surface area contributed by atoms with Crippen LogP contribution in [0.15, 0.2) is 29.2 Å². The molecule has 7 heteroatoms. The highest BCUT2D eigenvalue weighted by atomic mass is 35.7. The van der Waals surface area contributed by atoms with E-state index >= 15 is 0 Å². The van der Waals surface area contributed by atoms with E-state index in [4.69, 9.17) is 16.2 Å². The van der Waals surface area contributed by atoms with Crippen molar-refractivity contribution in [1.82, 2.24) is 0 Å². The molecule has 0 heterocycles. The van der Waals surface area contributed by atoms with Crippen LogP contribution in [-0.4, -0.2) is 20.2 Å². The predicted molar refractivity (Wildman–Crippen MR) is 61.0 cm³/mol. The van der Waals surface area contributed by atoms with Crippen molar-refractivity contribution < 1.29 is 18.3 Å². The number of nitrogens with zero attached hydrogens (tertiary/aromatic N) is 1. The van der Waals surface area contributed by atoms with Crippen LogP contribution in [0.3, 0.4) is 0 Å². The summed E-state index contributed by atoms with van der Waals surface area (Å²) in [6.45, 7) is 0. The SMILES string of the molecule is [N-]=[NH+]C1C=Cc2c(cccc2S(=O)(=O)Cl)C1=O. The van der Waals surface area contributed by atoms with Gasteiger partial charge in [-0.25, -0.2) is 8.42 Å². The number of hydrogen-bond donors (Lipinski definition) is 1. The van der Waals surface area contributed by atoms with E-state index in [1.54, 1.807) is 0 Å². The lowest BCUT2D eigenvalue weighted by molar-refractivity contribution is -0.494. The Morgan fingerprint density at radius 2 is 2.06 bits per heavy atom. The van der Waals surface area contributed by atoms with Gasteiger partial charge in [0, 0.05) is 21.8 Å². The molecule has 1 aliphatic carbocycles. The monoisotopic (exact) mass is 270 g/mol. The quantitative estimate of drug-likeness (QED) is 0.619. The van der Waals surface area contributed by atoms with E-state index in [1.807, 2.05) is 5.11 Å². The van der Waals surface area contributed by atoms with Gasteiger partial charge in [-0.05, 0) is 18.2 Å². The molecular weight excluding hydrogens is 264 g/mol. The van der Waals surface area contributed by atoms with Crippen LogP contribution >= 0.6 is 10.7 Å². The third-order valence-corrected chi connectivity index (χ3v) is 3.85. The fraction of sp³-hybridized carbons (Fsp3) is 0.100. The Balaban J connectivity index is 2.71. The Morgan fingerprint density at radius 1 is 1.35 bits per heavy atom. The smallest absolute Gasteiger partial charge is 0.261 e. The maximum atomic E-state index is 11.8. The second kappa shape index (κ2) is 4.05. The van der Waals surface area contributed by atoms with Crippen molar-refractivity contribution in [3.63, 3.8) is 0 Å². The van der Waals surface area contributed by atoms with E-state index in [0.717, 1.165) is 0 Å². The summed E-state index contributed by atoms with van der Waals surface area (Å²) in [6, 6.07) is 3.37. The lowest BCUT2D eigenvalue weighted by Crippen LogP contribution is -2.74. The number of benzene rings is 1. The van der Waals surface area contributed by atoms with Gasteiger partial charge in [-0.15, -0.1) is 0 Å².